The van der Waals surface area contributed by atoms with Crippen LogP contribution in [0.2, 0.25) is 0 Å². The molecule has 0 spiro atoms. The van der Waals surface area contributed by atoms with E-state index in [1.165, 1.54) is 0 Å². The molecular weight excluding hydrogens is 306 g/mol. The number of hydrogen-bond donors (Lipinski definition) is 1. The number of fused-ring (bicyclic) bond motifs is 1. The molecule has 1 fully saturated rings. The van der Waals surface area contributed by atoms with Gasteiger partial charge in [-0.3, -0.25) is 4.79 Å². The van der Waals surface area contributed by atoms with Crippen molar-refractivity contribution in [2.45, 2.75) is 56.9 Å². The molecule has 1 amide bonds. The van der Waals surface area contributed by atoms with Gasteiger partial charge in [-0.2, -0.15) is 0 Å². The lowest BCUT2D eigenvalue weighted by Crippen LogP contribution is -2.49. The highest BCUT2D eigenvalue weighted by atomic mass is 32.2. The van der Waals surface area contributed by atoms with Crippen molar-refractivity contribution in [3.8, 4) is 0 Å². The van der Waals surface area contributed by atoms with Crippen LogP contribution in [-0.2, 0) is 4.79 Å². The molecule has 1 saturated carbocycles. The van der Waals surface area contributed by atoms with Crippen molar-refractivity contribution in [1.82, 2.24) is 14.9 Å². The molecule has 1 N–H and O–H groups in total. The number of carbonyl (C=O) groups is 1. The maximum absolute atomic E-state index is 12.7. The minimum atomic E-state index is -0.219. The van der Waals surface area contributed by atoms with Gasteiger partial charge in [-0.1, -0.05) is 12.1 Å². The Hall–Kier alpha value is -1.49. The molecule has 0 unspecified atom stereocenters. The van der Waals surface area contributed by atoms with Crippen LogP contribution in [0.25, 0.3) is 11.0 Å². The van der Waals surface area contributed by atoms with Crippen LogP contribution in [0.4, 0.5) is 0 Å². The van der Waals surface area contributed by atoms with Gasteiger partial charge in [-0.05, 0) is 58.4 Å². The Labute approximate surface area is 142 Å². The van der Waals surface area contributed by atoms with Crippen molar-refractivity contribution in [3.63, 3.8) is 0 Å². The van der Waals surface area contributed by atoms with Crippen LogP contribution in [-0.4, -0.2) is 26.5 Å². The fraction of sp³-hybridized carbons (Fsp3) is 0.556. The molecule has 124 valence electrons. The Kier molecular flexibility index (Phi) is 4.41. The maximum Gasteiger partial charge on any atom is 0.236 e. The molecule has 0 bridgehead atoms. The minimum absolute atomic E-state index is 0.0954. The molecule has 1 atom stereocenters. The summed E-state index contributed by atoms with van der Waals surface area (Å²) in [4.78, 5) is 17.5. The number of carbonyl (C=O) groups excluding carboxylic acids is 1. The summed E-state index contributed by atoms with van der Waals surface area (Å²) in [5.74, 6) is 1.09. The highest BCUT2D eigenvalue weighted by molar-refractivity contribution is 8.00. The molecule has 1 aliphatic carbocycles. The summed E-state index contributed by atoms with van der Waals surface area (Å²) in [5, 5.41) is 3.20. The van der Waals surface area contributed by atoms with Crippen molar-refractivity contribution in [2.75, 3.05) is 6.26 Å². The summed E-state index contributed by atoms with van der Waals surface area (Å²) in [6, 6.07) is 8.37. The number of benzene rings is 1. The highest BCUT2D eigenvalue weighted by Gasteiger charge is 2.44. The predicted octanol–water partition coefficient (Wildman–Crippen LogP) is 4.08. The smallest absolute Gasteiger partial charge is 0.236 e. The van der Waals surface area contributed by atoms with Gasteiger partial charge < -0.3 is 9.88 Å². The maximum atomic E-state index is 12.7. The van der Waals surface area contributed by atoms with E-state index in [0.717, 1.165) is 36.1 Å². The summed E-state index contributed by atoms with van der Waals surface area (Å²) in [5.41, 5.74) is 2.11. The average Bonchev–Trinajstić information content (AvgIpc) is 2.86. The molecule has 5 heteroatoms. The van der Waals surface area contributed by atoms with E-state index in [9.17, 15) is 4.79 Å². The van der Waals surface area contributed by atoms with Gasteiger partial charge in [0.1, 0.15) is 5.82 Å². The van der Waals surface area contributed by atoms with Crippen LogP contribution in [0.15, 0.2) is 24.3 Å². The topological polar surface area (TPSA) is 46.9 Å². The number of imidazole rings is 1. The van der Waals surface area contributed by atoms with Gasteiger partial charge in [0.25, 0.3) is 0 Å². The van der Waals surface area contributed by atoms with Crippen molar-refractivity contribution in [3.05, 3.63) is 30.1 Å². The minimum Gasteiger partial charge on any atom is -0.345 e. The van der Waals surface area contributed by atoms with Crippen LogP contribution >= 0.6 is 11.8 Å². The zero-order valence-corrected chi connectivity index (χ0v) is 15.1. The molecule has 23 heavy (non-hydrogen) atoms. The van der Waals surface area contributed by atoms with Crippen LogP contribution in [0, 0.1) is 0 Å². The number of nitrogens with zero attached hydrogens (tertiary/aromatic N) is 2. The molecule has 0 radical (unpaired) electrons. The number of rotatable bonds is 5. The molecule has 4 nitrogen and oxygen atoms in total. The van der Waals surface area contributed by atoms with Crippen molar-refractivity contribution in [2.24, 2.45) is 0 Å². The first-order chi connectivity index (χ1) is 11.0. The number of amides is 1. The normalized spacial score (nSPS) is 18.0. The van der Waals surface area contributed by atoms with Crippen LogP contribution in [0.3, 0.4) is 0 Å². The fourth-order valence-corrected chi connectivity index (χ4v) is 4.27. The van der Waals surface area contributed by atoms with Crippen molar-refractivity contribution < 1.29 is 4.79 Å². The second-order valence-electron chi connectivity index (χ2n) is 6.67. The lowest BCUT2D eigenvalue weighted by atomic mass is 9.83. The quantitative estimate of drug-likeness (QED) is 0.898. The van der Waals surface area contributed by atoms with Crippen LogP contribution < -0.4 is 5.32 Å². The second kappa shape index (κ2) is 6.19. The van der Waals surface area contributed by atoms with Gasteiger partial charge in [0.2, 0.25) is 5.91 Å². The van der Waals surface area contributed by atoms with Gasteiger partial charge >= 0.3 is 0 Å². The molecular formula is C18H25N3OS. The van der Waals surface area contributed by atoms with Gasteiger partial charge in [-0.25, -0.2) is 4.98 Å². The summed E-state index contributed by atoms with van der Waals surface area (Å²) in [6.45, 7) is 6.34. The van der Waals surface area contributed by atoms with E-state index < -0.39 is 0 Å². The van der Waals surface area contributed by atoms with Crippen LogP contribution in [0.5, 0.6) is 0 Å². The summed E-state index contributed by atoms with van der Waals surface area (Å²) in [7, 11) is 0. The number of para-hydroxylation sites is 2. The average molecular weight is 331 g/mol. The van der Waals surface area contributed by atoms with E-state index in [4.69, 9.17) is 4.98 Å². The highest BCUT2D eigenvalue weighted by Crippen LogP contribution is 2.43. The van der Waals surface area contributed by atoms with Gasteiger partial charge in [-0.15, -0.1) is 11.8 Å². The van der Waals surface area contributed by atoms with E-state index in [-0.39, 0.29) is 16.7 Å². The molecule has 2 aromatic rings. The molecule has 1 aliphatic rings. The SMILES string of the molecule is CSC1(C(=O)N[C@@H](C)c2nc3ccccc3n2C(C)C)CCC1. The van der Waals surface area contributed by atoms with E-state index in [1.807, 2.05) is 31.4 Å². The first kappa shape index (κ1) is 16.4. The molecule has 3 rings (SSSR count). The predicted molar refractivity (Wildman–Crippen MR) is 96.8 cm³/mol. The van der Waals surface area contributed by atoms with E-state index >= 15 is 0 Å². The Morgan fingerprint density at radius 1 is 1.30 bits per heavy atom. The lowest BCUT2D eigenvalue weighted by Gasteiger charge is -2.39. The first-order valence-corrected chi connectivity index (χ1v) is 9.54. The summed E-state index contributed by atoms with van der Waals surface area (Å²) < 4.78 is 2.01. The lowest BCUT2D eigenvalue weighted by molar-refractivity contribution is -0.126. The number of aromatic nitrogens is 2. The third-order valence-corrected chi connectivity index (χ3v) is 6.22. The molecule has 1 aromatic carbocycles. The third kappa shape index (κ3) is 2.75. The molecule has 0 saturated heterocycles. The van der Waals surface area contributed by atoms with E-state index in [0.29, 0.717) is 6.04 Å². The number of thioether (sulfide) groups is 1. The summed E-state index contributed by atoms with van der Waals surface area (Å²) in [6.07, 6.45) is 5.14. The van der Waals surface area contributed by atoms with Crippen LogP contribution in [0.1, 0.15) is 57.9 Å². The molecule has 1 aromatic heterocycles. The third-order valence-electron chi connectivity index (χ3n) is 4.84. The molecule has 1 heterocycles. The van der Waals surface area contributed by atoms with E-state index in [1.54, 1.807) is 11.8 Å². The largest absolute Gasteiger partial charge is 0.345 e. The molecule has 0 aliphatic heterocycles. The summed E-state index contributed by atoms with van der Waals surface area (Å²) >= 11 is 1.68. The Balaban J connectivity index is 1.90. The van der Waals surface area contributed by atoms with Crippen molar-refractivity contribution >= 4 is 28.7 Å². The van der Waals surface area contributed by atoms with Gasteiger partial charge in [0.05, 0.1) is 21.8 Å². The van der Waals surface area contributed by atoms with Crippen molar-refractivity contribution in [1.29, 1.82) is 0 Å². The number of nitrogens with one attached hydrogen (secondary N) is 1. The Morgan fingerprint density at radius 2 is 2.00 bits per heavy atom. The van der Waals surface area contributed by atoms with Gasteiger partial charge in [0.15, 0.2) is 0 Å². The fourth-order valence-electron chi connectivity index (χ4n) is 3.33. The van der Waals surface area contributed by atoms with E-state index in [2.05, 4.69) is 29.8 Å². The zero-order valence-electron chi connectivity index (χ0n) is 14.3. The zero-order chi connectivity index (χ0) is 16.6. The first-order valence-electron chi connectivity index (χ1n) is 8.31. The Morgan fingerprint density at radius 3 is 2.57 bits per heavy atom. The van der Waals surface area contributed by atoms with Gasteiger partial charge in [0, 0.05) is 6.04 Å². The monoisotopic (exact) mass is 331 g/mol. The second-order valence-corrected chi connectivity index (χ2v) is 7.86. The standard InChI is InChI=1S/C18H25N3OS/c1-12(2)21-15-9-6-5-8-14(15)20-16(21)13(3)19-17(22)18(23-4)10-7-11-18/h5-6,8-9,12-13H,7,10-11H2,1-4H3,(H,19,22)/t13-/m0/s1. The Bertz CT molecular complexity index is 713. The number of hydrogen-bond acceptors (Lipinski definition) is 3.